The fraction of sp³-hybridized carbons (Fsp3) is 0.429. The van der Waals surface area contributed by atoms with Crippen LogP contribution in [-0.2, 0) is 0 Å². The van der Waals surface area contributed by atoms with Crippen molar-refractivity contribution in [2.45, 2.75) is 18.9 Å². The summed E-state index contributed by atoms with van der Waals surface area (Å²) in [4.78, 5) is 0. The van der Waals surface area contributed by atoms with Gasteiger partial charge < -0.3 is 10.1 Å². The van der Waals surface area contributed by atoms with Gasteiger partial charge in [-0.05, 0) is 37.6 Å². The molecule has 1 saturated carbocycles. The molecule has 1 atom stereocenters. The summed E-state index contributed by atoms with van der Waals surface area (Å²) in [6, 6.07) is 8.19. The summed E-state index contributed by atoms with van der Waals surface area (Å²) in [5, 5.41) is 3.22. The lowest BCUT2D eigenvalue weighted by Crippen LogP contribution is -2.14. The zero-order valence-electron chi connectivity index (χ0n) is 9.79. The largest absolute Gasteiger partial charge is 0.497 e. The lowest BCUT2D eigenvalue weighted by Gasteiger charge is -2.10. The van der Waals surface area contributed by atoms with Gasteiger partial charge in [-0.2, -0.15) is 0 Å². The third-order valence-corrected chi connectivity index (χ3v) is 2.75. The molecule has 0 radical (unpaired) electrons. The van der Waals surface area contributed by atoms with Gasteiger partial charge in [0.05, 0.1) is 13.2 Å². The quantitative estimate of drug-likeness (QED) is 0.782. The van der Waals surface area contributed by atoms with Crippen LogP contribution in [0.5, 0.6) is 5.75 Å². The van der Waals surface area contributed by atoms with E-state index in [1.54, 1.807) is 7.11 Å². The molecule has 0 heterocycles. The summed E-state index contributed by atoms with van der Waals surface area (Å²) in [7, 11) is 3.62. The van der Waals surface area contributed by atoms with Crippen molar-refractivity contribution in [1.82, 2.24) is 5.32 Å². The van der Waals surface area contributed by atoms with Crippen molar-refractivity contribution < 1.29 is 4.74 Å². The minimum Gasteiger partial charge on any atom is -0.497 e. The second kappa shape index (κ2) is 5.05. The van der Waals surface area contributed by atoms with Crippen molar-refractivity contribution in [1.29, 1.82) is 0 Å². The van der Waals surface area contributed by atoms with Crippen molar-refractivity contribution >= 4 is 0 Å². The predicted octanol–water partition coefficient (Wildman–Crippen LogP) is 2.37. The van der Waals surface area contributed by atoms with Gasteiger partial charge in [0.2, 0.25) is 0 Å². The van der Waals surface area contributed by atoms with Gasteiger partial charge in [-0.3, -0.25) is 0 Å². The molecule has 2 heteroatoms. The Morgan fingerprint density at radius 3 is 2.50 bits per heavy atom. The van der Waals surface area contributed by atoms with Gasteiger partial charge in [0.1, 0.15) is 5.75 Å². The lowest BCUT2D eigenvalue weighted by molar-refractivity contribution is 0.414. The first kappa shape index (κ1) is 11.0. The van der Waals surface area contributed by atoms with Gasteiger partial charge in [-0.15, -0.1) is 0 Å². The van der Waals surface area contributed by atoms with Crippen LogP contribution in [-0.4, -0.2) is 14.2 Å². The zero-order chi connectivity index (χ0) is 11.4. The van der Waals surface area contributed by atoms with Crippen LogP contribution in [0, 0.1) is 17.8 Å². The fourth-order valence-electron chi connectivity index (χ4n) is 1.55. The van der Waals surface area contributed by atoms with E-state index in [0.717, 1.165) is 5.75 Å². The second-order valence-corrected chi connectivity index (χ2v) is 4.06. The highest BCUT2D eigenvalue weighted by atomic mass is 16.5. The molecule has 1 N–H and O–H groups in total. The van der Waals surface area contributed by atoms with Crippen molar-refractivity contribution in [3.63, 3.8) is 0 Å². The minimum absolute atomic E-state index is 0.131. The Kier molecular flexibility index (Phi) is 3.48. The van der Waals surface area contributed by atoms with E-state index in [1.807, 2.05) is 19.2 Å². The highest BCUT2D eigenvalue weighted by Crippen LogP contribution is 2.28. The summed E-state index contributed by atoms with van der Waals surface area (Å²) < 4.78 is 5.13. The van der Waals surface area contributed by atoms with Crippen LogP contribution in [0.15, 0.2) is 24.3 Å². The van der Waals surface area contributed by atoms with Gasteiger partial charge in [0, 0.05) is 5.92 Å². The van der Waals surface area contributed by atoms with Crippen LogP contribution in [0.1, 0.15) is 24.4 Å². The number of hydrogen-bond donors (Lipinski definition) is 1. The first-order valence-electron chi connectivity index (χ1n) is 5.65. The van der Waals surface area contributed by atoms with E-state index in [1.165, 1.54) is 18.4 Å². The molecule has 1 aliphatic carbocycles. The number of hydrogen-bond acceptors (Lipinski definition) is 2. The molecule has 0 amide bonds. The maximum absolute atomic E-state index is 5.13. The Balaban J connectivity index is 2.10. The fourth-order valence-corrected chi connectivity index (χ4v) is 1.55. The molecule has 0 bridgehead atoms. The van der Waals surface area contributed by atoms with E-state index >= 15 is 0 Å². The topological polar surface area (TPSA) is 21.3 Å². The first-order chi connectivity index (χ1) is 7.83. The highest BCUT2D eigenvalue weighted by molar-refractivity contribution is 5.33. The predicted molar refractivity (Wildman–Crippen MR) is 65.3 cm³/mol. The molecule has 0 saturated heterocycles. The van der Waals surface area contributed by atoms with Crippen molar-refractivity contribution in [2.75, 3.05) is 14.2 Å². The lowest BCUT2D eigenvalue weighted by atomic mass is 10.1. The molecule has 0 aromatic heterocycles. The SMILES string of the molecule is CNC(C#CC1CC1)c1ccc(OC)cc1. The molecule has 1 aliphatic rings. The number of benzene rings is 1. The average molecular weight is 215 g/mol. The standard InChI is InChI=1S/C14H17NO/c1-15-14(10-5-11-3-4-11)12-6-8-13(16-2)9-7-12/h6-9,11,14-15H,3-4H2,1-2H3. The van der Waals surface area contributed by atoms with E-state index in [9.17, 15) is 0 Å². The first-order valence-corrected chi connectivity index (χ1v) is 5.65. The maximum atomic E-state index is 5.13. The highest BCUT2D eigenvalue weighted by Gasteiger charge is 2.18. The molecule has 1 fully saturated rings. The summed E-state index contributed by atoms with van der Waals surface area (Å²) in [5.74, 6) is 8.10. The Hall–Kier alpha value is -1.46. The number of rotatable bonds is 3. The third kappa shape index (κ3) is 2.77. The Bertz CT molecular complexity index is 395. The second-order valence-electron chi connectivity index (χ2n) is 4.06. The summed E-state index contributed by atoms with van der Waals surface area (Å²) >= 11 is 0. The summed E-state index contributed by atoms with van der Waals surface area (Å²) in [5.41, 5.74) is 1.19. The molecule has 2 rings (SSSR count). The van der Waals surface area contributed by atoms with Crippen LogP contribution < -0.4 is 10.1 Å². The van der Waals surface area contributed by atoms with Gasteiger partial charge in [-0.1, -0.05) is 24.0 Å². The van der Waals surface area contributed by atoms with Crippen LogP contribution in [0.3, 0.4) is 0 Å². The van der Waals surface area contributed by atoms with Crippen LogP contribution in [0.4, 0.5) is 0 Å². The smallest absolute Gasteiger partial charge is 0.118 e. The number of nitrogens with one attached hydrogen (secondary N) is 1. The van der Waals surface area contributed by atoms with Gasteiger partial charge >= 0.3 is 0 Å². The van der Waals surface area contributed by atoms with E-state index in [2.05, 4.69) is 29.3 Å². The zero-order valence-corrected chi connectivity index (χ0v) is 9.79. The summed E-state index contributed by atoms with van der Waals surface area (Å²) in [6.07, 6.45) is 2.54. The molecular formula is C14H17NO. The Morgan fingerprint density at radius 1 is 1.31 bits per heavy atom. The monoisotopic (exact) mass is 215 g/mol. The van der Waals surface area contributed by atoms with Crippen molar-refractivity contribution in [3.8, 4) is 17.6 Å². The van der Waals surface area contributed by atoms with Crippen molar-refractivity contribution in [3.05, 3.63) is 29.8 Å². The summed E-state index contributed by atoms with van der Waals surface area (Å²) in [6.45, 7) is 0. The van der Waals surface area contributed by atoms with E-state index in [-0.39, 0.29) is 6.04 Å². The molecule has 0 aliphatic heterocycles. The maximum Gasteiger partial charge on any atom is 0.118 e. The molecule has 1 aromatic rings. The molecule has 16 heavy (non-hydrogen) atoms. The Labute approximate surface area is 97.0 Å². The number of ether oxygens (including phenoxy) is 1. The van der Waals surface area contributed by atoms with E-state index < -0.39 is 0 Å². The van der Waals surface area contributed by atoms with E-state index in [4.69, 9.17) is 4.74 Å². The molecular weight excluding hydrogens is 198 g/mol. The normalized spacial score (nSPS) is 16.1. The molecule has 0 spiro atoms. The third-order valence-electron chi connectivity index (χ3n) is 2.75. The van der Waals surface area contributed by atoms with Gasteiger partial charge in [0.15, 0.2) is 0 Å². The van der Waals surface area contributed by atoms with Crippen LogP contribution in [0.2, 0.25) is 0 Å². The molecule has 1 unspecified atom stereocenters. The van der Waals surface area contributed by atoms with Gasteiger partial charge in [0.25, 0.3) is 0 Å². The van der Waals surface area contributed by atoms with Crippen LogP contribution >= 0.6 is 0 Å². The average Bonchev–Trinajstić information content (AvgIpc) is 3.15. The molecule has 84 valence electrons. The minimum atomic E-state index is 0.131. The molecule has 1 aromatic carbocycles. The van der Waals surface area contributed by atoms with Crippen molar-refractivity contribution in [2.24, 2.45) is 5.92 Å². The number of methoxy groups -OCH3 is 1. The van der Waals surface area contributed by atoms with E-state index in [0.29, 0.717) is 5.92 Å². The molecule has 2 nitrogen and oxygen atoms in total. The van der Waals surface area contributed by atoms with Gasteiger partial charge in [-0.25, -0.2) is 0 Å². The Morgan fingerprint density at radius 2 is 2.00 bits per heavy atom. The van der Waals surface area contributed by atoms with Crippen LogP contribution in [0.25, 0.3) is 0 Å².